The highest BCUT2D eigenvalue weighted by atomic mass is 32.1. The molecule has 1 heterocycles. The highest BCUT2D eigenvalue weighted by Gasteiger charge is 2.37. The summed E-state index contributed by atoms with van der Waals surface area (Å²) >= 11 is 1.68. The van der Waals surface area contributed by atoms with Crippen LogP contribution in [0.25, 0.3) is 6.08 Å². The van der Waals surface area contributed by atoms with Crippen molar-refractivity contribution >= 4 is 23.3 Å². The van der Waals surface area contributed by atoms with Crippen LogP contribution in [0.1, 0.15) is 43.4 Å². The summed E-state index contributed by atoms with van der Waals surface area (Å²) < 4.78 is 0. The highest BCUT2D eigenvalue weighted by molar-refractivity contribution is 7.10. The second kappa shape index (κ2) is 5.27. The number of thiophene rings is 1. The van der Waals surface area contributed by atoms with Crippen LogP contribution in [0.15, 0.2) is 23.6 Å². The molecular weight excluding hydrogens is 242 g/mol. The van der Waals surface area contributed by atoms with Crippen molar-refractivity contribution in [3.05, 3.63) is 28.5 Å². The van der Waals surface area contributed by atoms with E-state index in [-0.39, 0.29) is 5.91 Å². The molecule has 1 aromatic rings. The third-order valence-corrected chi connectivity index (χ3v) is 4.68. The number of amides is 1. The molecular formula is C15H19NOS. The zero-order valence-electron chi connectivity index (χ0n) is 10.5. The molecule has 0 aliphatic heterocycles. The second-order valence-electron chi connectivity index (χ2n) is 5.26. The molecule has 96 valence electrons. The third kappa shape index (κ3) is 2.66. The van der Waals surface area contributed by atoms with Crippen molar-refractivity contribution < 1.29 is 4.79 Å². The fourth-order valence-corrected chi connectivity index (χ4v) is 3.44. The third-order valence-electron chi connectivity index (χ3n) is 3.85. The molecule has 0 spiro atoms. The van der Waals surface area contributed by atoms with Crippen LogP contribution in [0.2, 0.25) is 0 Å². The van der Waals surface area contributed by atoms with E-state index in [0.717, 1.165) is 4.88 Å². The zero-order chi connectivity index (χ0) is 12.4. The van der Waals surface area contributed by atoms with E-state index in [1.54, 1.807) is 17.4 Å². The summed E-state index contributed by atoms with van der Waals surface area (Å²) in [5, 5.41) is 2.04. The van der Waals surface area contributed by atoms with E-state index < -0.39 is 0 Å². The average Bonchev–Trinajstić information content (AvgIpc) is 2.86. The number of hydrogen-bond donors (Lipinski definition) is 0. The Morgan fingerprint density at radius 1 is 1.22 bits per heavy atom. The lowest BCUT2D eigenvalue weighted by Gasteiger charge is -2.27. The second-order valence-corrected chi connectivity index (χ2v) is 6.24. The van der Waals surface area contributed by atoms with Crippen LogP contribution < -0.4 is 0 Å². The Balaban J connectivity index is 1.68. The van der Waals surface area contributed by atoms with Gasteiger partial charge in [-0.2, -0.15) is 0 Å². The minimum Gasteiger partial charge on any atom is -0.333 e. The van der Waals surface area contributed by atoms with E-state index in [2.05, 4.69) is 4.90 Å². The summed E-state index contributed by atoms with van der Waals surface area (Å²) in [7, 11) is 0. The summed E-state index contributed by atoms with van der Waals surface area (Å²) in [5.41, 5.74) is 0. The van der Waals surface area contributed by atoms with E-state index in [0.29, 0.717) is 12.1 Å². The van der Waals surface area contributed by atoms with Gasteiger partial charge in [-0.1, -0.05) is 18.9 Å². The van der Waals surface area contributed by atoms with Gasteiger partial charge in [0.1, 0.15) is 0 Å². The molecule has 0 unspecified atom stereocenters. The van der Waals surface area contributed by atoms with E-state index >= 15 is 0 Å². The summed E-state index contributed by atoms with van der Waals surface area (Å²) in [4.78, 5) is 15.7. The number of hydrogen-bond acceptors (Lipinski definition) is 2. The van der Waals surface area contributed by atoms with E-state index in [9.17, 15) is 4.79 Å². The van der Waals surface area contributed by atoms with Gasteiger partial charge < -0.3 is 4.90 Å². The minimum atomic E-state index is 0.220. The fraction of sp³-hybridized carbons (Fsp3) is 0.533. The Labute approximate surface area is 112 Å². The smallest absolute Gasteiger partial charge is 0.247 e. The van der Waals surface area contributed by atoms with E-state index in [1.807, 2.05) is 23.6 Å². The van der Waals surface area contributed by atoms with Gasteiger partial charge in [0.15, 0.2) is 0 Å². The van der Waals surface area contributed by atoms with Crippen LogP contribution in [0.3, 0.4) is 0 Å². The lowest BCUT2D eigenvalue weighted by atomic mass is 10.2. The lowest BCUT2D eigenvalue weighted by molar-refractivity contribution is -0.128. The average molecular weight is 261 g/mol. The van der Waals surface area contributed by atoms with Crippen molar-refractivity contribution in [1.29, 1.82) is 0 Å². The molecule has 3 heteroatoms. The van der Waals surface area contributed by atoms with Gasteiger partial charge in [0.25, 0.3) is 0 Å². The molecule has 0 aromatic carbocycles. The predicted molar refractivity (Wildman–Crippen MR) is 75.5 cm³/mol. The minimum absolute atomic E-state index is 0.220. The molecule has 1 amide bonds. The van der Waals surface area contributed by atoms with Crippen LogP contribution >= 0.6 is 11.3 Å². The molecule has 2 aliphatic rings. The number of carbonyl (C=O) groups excluding carboxylic acids is 1. The highest BCUT2D eigenvalue weighted by Crippen LogP contribution is 2.34. The first-order chi connectivity index (χ1) is 8.84. The molecule has 2 fully saturated rings. The predicted octanol–water partition coefficient (Wildman–Crippen LogP) is 3.69. The van der Waals surface area contributed by atoms with Gasteiger partial charge in [-0.3, -0.25) is 4.79 Å². The van der Waals surface area contributed by atoms with Gasteiger partial charge in [0, 0.05) is 23.0 Å². The summed E-state index contributed by atoms with van der Waals surface area (Å²) in [5.74, 6) is 0.220. The quantitative estimate of drug-likeness (QED) is 0.757. The standard InChI is InChI=1S/C15H19NOS/c17-15(10-9-14-6-3-11-18-14)16(13-7-8-13)12-4-1-2-5-12/h3,6,9-13H,1-2,4-5,7-8H2/b10-9+. The largest absolute Gasteiger partial charge is 0.333 e. The molecule has 2 saturated carbocycles. The van der Waals surface area contributed by atoms with Crippen LogP contribution in [0.4, 0.5) is 0 Å². The maximum absolute atomic E-state index is 12.4. The molecule has 1 aromatic heterocycles. The first kappa shape index (κ1) is 12.0. The SMILES string of the molecule is O=C(/C=C/c1cccs1)N(C1CCCC1)C1CC1. The summed E-state index contributed by atoms with van der Waals surface area (Å²) in [6.07, 6.45) is 11.1. The number of nitrogens with zero attached hydrogens (tertiary/aromatic N) is 1. The molecule has 0 saturated heterocycles. The molecule has 0 atom stereocenters. The molecule has 2 aliphatic carbocycles. The van der Waals surface area contributed by atoms with Crippen LogP contribution in [0, 0.1) is 0 Å². The molecule has 18 heavy (non-hydrogen) atoms. The van der Waals surface area contributed by atoms with Crippen molar-refractivity contribution in [2.75, 3.05) is 0 Å². The first-order valence-electron chi connectivity index (χ1n) is 6.88. The number of carbonyl (C=O) groups is 1. The normalized spacial score (nSPS) is 20.7. The Morgan fingerprint density at radius 3 is 2.56 bits per heavy atom. The van der Waals surface area contributed by atoms with Gasteiger partial charge in [0.05, 0.1) is 0 Å². The lowest BCUT2D eigenvalue weighted by Crippen LogP contribution is -2.39. The van der Waals surface area contributed by atoms with Gasteiger partial charge >= 0.3 is 0 Å². The summed E-state index contributed by atoms with van der Waals surface area (Å²) in [6.45, 7) is 0. The maximum Gasteiger partial charge on any atom is 0.247 e. The van der Waals surface area contributed by atoms with Gasteiger partial charge in [-0.25, -0.2) is 0 Å². The van der Waals surface area contributed by atoms with Crippen molar-refractivity contribution in [2.45, 2.75) is 50.6 Å². The molecule has 0 bridgehead atoms. The first-order valence-corrected chi connectivity index (χ1v) is 7.76. The molecule has 3 rings (SSSR count). The monoisotopic (exact) mass is 261 g/mol. The van der Waals surface area contributed by atoms with Gasteiger partial charge in [0.2, 0.25) is 5.91 Å². The molecule has 0 radical (unpaired) electrons. The van der Waals surface area contributed by atoms with E-state index in [1.165, 1.54) is 38.5 Å². The summed E-state index contributed by atoms with van der Waals surface area (Å²) in [6, 6.07) is 5.11. The Hall–Kier alpha value is -1.09. The topological polar surface area (TPSA) is 20.3 Å². The molecule has 2 nitrogen and oxygen atoms in total. The van der Waals surface area contributed by atoms with Crippen LogP contribution in [-0.2, 0) is 4.79 Å². The van der Waals surface area contributed by atoms with Crippen LogP contribution in [0.5, 0.6) is 0 Å². The van der Waals surface area contributed by atoms with Gasteiger partial charge in [-0.05, 0) is 43.2 Å². The molecule has 0 N–H and O–H groups in total. The van der Waals surface area contributed by atoms with Crippen molar-refractivity contribution in [3.8, 4) is 0 Å². The Bertz CT molecular complexity index is 427. The van der Waals surface area contributed by atoms with Crippen molar-refractivity contribution in [3.63, 3.8) is 0 Å². The van der Waals surface area contributed by atoms with Gasteiger partial charge in [-0.15, -0.1) is 11.3 Å². The van der Waals surface area contributed by atoms with Crippen molar-refractivity contribution in [1.82, 2.24) is 4.90 Å². The van der Waals surface area contributed by atoms with E-state index in [4.69, 9.17) is 0 Å². The zero-order valence-corrected chi connectivity index (χ0v) is 11.4. The Kier molecular flexibility index (Phi) is 3.50. The maximum atomic E-state index is 12.4. The van der Waals surface area contributed by atoms with Crippen LogP contribution in [-0.4, -0.2) is 22.9 Å². The van der Waals surface area contributed by atoms with Crippen molar-refractivity contribution in [2.24, 2.45) is 0 Å². The Morgan fingerprint density at radius 2 is 1.94 bits per heavy atom. The fourth-order valence-electron chi connectivity index (χ4n) is 2.82. The number of rotatable bonds is 4.